The van der Waals surface area contributed by atoms with E-state index in [-0.39, 0.29) is 24.3 Å². The Balaban J connectivity index is 3.12. The molecule has 0 aliphatic carbocycles. The van der Waals surface area contributed by atoms with Gasteiger partial charge in [0.25, 0.3) is 10.0 Å². The second kappa shape index (κ2) is 6.50. The van der Waals surface area contributed by atoms with Crippen molar-refractivity contribution in [1.82, 2.24) is 0 Å². The molecule has 2 N–H and O–H groups in total. The third kappa shape index (κ3) is 4.50. The lowest BCUT2D eigenvalue weighted by molar-refractivity contribution is 0.236. The smallest absolute Gasteiger partial charge is 0.355 e. The predicted molar refractivity (Wildman–Crippen MR) is 68.3 cm³/mol. The molecule has 0 aliphatic heterocycles. The summed E-state index contributed by atoms with van der Waals surface area (Å²) in [5, 5.41) is 8.61. The first kappa shape index (κ1) is 15.4. The Kier molecular flexibility index (Phi) is 5.27. The largest absolute Gasteiger partial charge is 0.395 e. The van der Waals surface area contributed by atoms with Crippen molar-refractivity contribution in [3.63, 3.8) is 0 Å². The van der Waals surface area contributed by atoms with Gasteiger partial charge >= 0.3 is 5.76 Å². The van der Waals surface area contributed by atoms with E-state index in [0.29, 0.717) is 0 Å². The number of aliphatic hydroxyl groups excluding tert-OH is 1. The molecule has 4 nitrogen and oxygen atoms in total. The zero-order valence-electron chi connectivity index (χ0n) is 10.2. The van der Waals surface area contributed by atoms with Crippen LogP contribution in [0.5, 0.6) is 0 Å². The van der Waals surface area contributed by atoms with Gasteiger partial charge < -0.3 is 5.11 Å². The zero-order valence-corrected chi connectivity index (χ0v) is 11.0. The molecule has 0 atom stereocenters. The summed E-state index contributed by atoms with van der Waals surface area (Å²) in [4.78, 5) is 0. The Bertz CT molecular complexity index is 603. The van der Waals surface area contributed by atoms with Crippen molar-refractivity contribution < 1.29 is 22.3 Å². The van der Waals surface area contributed by atoms with Gasteiger partial charge in [0.2, 0.25) is 0 Å². The van der Waals surface area contributed by atoms with Gasteiger partial charge in [-0.25, -0.2) is 8.42 Å². The molecule has 1 rings (SSSR count). The average molecular weight is 289 g/mol. The first-order valence-electron chi connectivity index (χ1n) is 5.37. The first-order valence-corrected chi connectivity index (χ1v) is 6.91. The number of aryl methyl sites for hydroxylation is 1. The molecular weight excluding hydrogens is 276 g/mol. The van der Waals surface area contributed by atoms with E-state index in [2.05, 4.69) is 11.8 Å². The molecule has 1 aromatic rings. The maximum atomic E-state index is 12.3. The minimum atomic E-state index is -4.72. The number of nitrogens with one attached hydrogen (secondary N) is 1. The Morgan fingerprint density at radius 3 is 2.68 bits per heavy atom. The normalized spacial score (nSPS) is 11.0. The van der Waals surface area contributed by atoms with Crippen LogP contribution in [0.15, 0.2) is 18.2 Å². The molecule has 0 unspecified atom stereocenters. The van der Waals surface area contributed by atoms with E-state index < -0.39 is 15.8 Å². The van der Waals surface area contributed by atoms with Crippen LogP contribution in [-0.4, -0.2) is 25.9 Å². The van der Waals surface area contributed by atoms with Crippen LogP contribution >= 0.6 is 0 Å². The molecule has 0 aromatic heterocycles. The quantitative estimate of drug-likeness (QED) is 0.829. The van der Waals surface area contributed by atoms with Crippen LogP contribution in [0.3, 0.4) is 0 Å². The molecule has 1 aromatic carbocycles. The fourth-order valence-electron chi connectivity index (χ4n) is 1.26. The van der Waals surface area contributed by atoms with E-state index in [1.54, 1.807) is 23.8 Å². The second-order valence-corrected chi connectivity index (χ2v) is 5.38. The Morgan fingerprint density at radius 1 is 1.42 bits per heavy atom. The summed E-state index contributed by atoms with van der Waals surface area (Å²) in [6.07, 6.45) is 0.217. The first-order chi connectivity index (χ1) is 8.86. The number of aliphatic hydroxyl groups is 1. The maximum absolute atomic E-state index is 12.3. The van der Waals surface area contributed by atoms with Gasteiger partial charge in [-0.05, 0) is 24.6 Å². The lowest BCUT2D eigenvalue weighted by atomic mass is 10.1. The summed E-state index contributed by atoms with van der Waals surface area (Å²) in [7, 11) is -4.72. The van der Waals surface area contributed by atoms with E-state index in [0.717, 1.165) is 5.56 Å². The monoisotopic (exact) mass is 289 g/mol. The van der Waals surface area contributed by atoms with Crippen molar-refractivity contribution in [3.8, 4) is 11.8 Å². The fraction of sp³-hybridized carbons (Fsp3) is 0.333. The third-order valence-electron chi connectivity index (χ3n) is 2.12. The van der Waals surface area contributed by atoms with Crippen LogP contribution in [0.1, 0.15) is 17.5 Å². The van der Waals surface area contributed by atoms with Gasteiger partial charge in [0.15, 0.2) is 0 Å². The zero-order chi connectivity index (χ0) is 14.5. The van der Waals surface area contributed by atoms with Crippen LogP contribution in [0.25, 0.3) is 0 Å². The highest BCUT2D eigenvalue weighted by molar-refractivity contribution is 7.93. The number of hydrogen-bond donors (Lipinski definition) is 2. The molecule has 0 radical (unpaired) electrons. The molecule has 0 heterocycles. The molecule has 104 valence electrons. The molecule has 0 spiro atoms. The Labute approximate surface area is 110 Å². The fourth-order valence-corrected chi connectivity index (χ4v) is 1.84. The van der Waals surface area contributed by atoms with Gasteiger partial charge in [0.1, 0.15) is 0 Å². The Morgan fingerprint density at radius 2 is 2.11 bits per heavy atom. The number of hydrogen-bond acceptors (Lipinski definition) is 3. The van der Waals surface area contributed by atoms with Crippen molar-refractivity contribution in [2.24, 2.45) is 0 Å². The van der Waals surface area contributed by atoms with Gasteiger partial charge in [-0.3, -0.25) is 4.72 Å². The lowest BCUT2D eigenvalue weighted by Crippen LogP contribution is -2.21. The topological polar surface area (TPSA) is 66.4 Å². The highest BCUT2D eigenvalue weighted by atomic mass is 32.2. The van der Waals surface area contributed by atoms with E-state index in [1.807, 2.05) is 0 Å². The van der Waals surface area contributed by atoms with Gasteiger partial charge in [0, 0.05) is 12.0 Å². The van der Waals surface area contributed by atoms with Crippen molar-refractivity contribution in [2.45, 2.75) is 19.1 Å². The van der Waals surface area contributed by atoms with E-state index in [4.69, 9.17) is 5.11 Å². The standard InChI is InChI=1S/C12H13F2NO3S/c1-9-5-6-11(15-19(17,18)12(13)14)10(8-9)4-2-3-7-16/h5-6,8,12,15-16H,3,7H2,1H3. The summed E-state index contributed by atoms with van der Waals surface area (Å²) in [6.45, 7) is 1.64. The highest BCUT2D eigenvalue weighted by Gasteiger charge is 2.24. The number of anilines is 1. The summed E-state index contributed by atoms with van der Waals surface area (Å²) in [6, 6.07) is 4.53. The predicted octanol–water partition coefficient (Wildman–Crippen LogP) is 1.69. The van der Waals surface area contributed by atoms with Gasteiger partial charge in [-0.2, -0.15) is 8.78 Å². The number of rotatable bonds is 4. The molecule has 0 saturated carbocycles. The van der Waals surface area contributed by atoms with Gasteiger partial charge in [-0.1, -0.05) is 17.9 Å². The maximum Gasteiger partial charge on any atom is 0.355 e. The third-order valence-corrected chi connectivity index (χ3v) is 3.10. The molecule has 0 amide bonds. The van der Waals surface area contributed by atoms with Crippen molar-refractivity contribution in [1.29, 1.82) is 0 Å². The summed E-state index contributed by atoms with van der Waals surface area (Å²) < 4.78 is 48.6. The van der Waals surface area contributed by atoms with Gasteiger partial charge in [0.05, 0.1) is 12.3 Å². The van der Waals surface area contributed by atoms with Crippen LogP contribution in [0, 0.1) is 18.8 Å². The number of sulfonamides is 1. The van der Waals surface area contributed by atoms with Crippen LogP contribution in [0.2, 0.25) is 0 Å². The van der Waals surface area contributed by atoms with E-state index >= 15 is 0 Å². The lowest BCUT2D eigenvalue weighted by Gasteiger charge is -2.09. The number of halogens is 2. The Hall–Kier alpha value is -1.65. The summed E-state index contributed by atoms with van der Waals surface area (Å²) in [5.41, 5.74) is 1.10. The average Bonchev–Trinajstić information content (AvgIpc) is 2.32. The van der Waals surface area contributed by atoms with Gasteiger partial charge in [-0.15, -0.1) is 0 Å². The number of alkyl halides is 2. The van der Waals surface area contributed by atoms with E-state index in [1.165, 1.54) is 6.07 Å². The van der Waals surface area contributed by atoms with Crippen LogP contribution in [0.4, 0.5) is 14.5 Å². The molecule has 0 bridgehead atoms. The van der Waals surface area contributed by atoms with Crippen molar-refractivity contribution in [3.05, 3.63) is 29.3 Å². The molecule has 19 heavy (non-hydrogen) atoms. The molecule has 0 fully saturated rings. The van der Waals surface area contributed by atoms with Crippen molar-refractivity contribution in [2.75, 3.05) is 11.3 Å². The summed E-state index contributed by atoms with van der Waals surface area (Å²) in [5.74, 6) is 1.74. The second-order valence-electron chi connectivity index (χ2n) is 3.73. The van der Waals surface area contributed by atoms with E-state index in [9.17, 15) is 17.2 Å². The minimum Gasteiger partial charge on any atom is -0.395 e. The number of benzene rings is 1. The van der Waals surface area contributed by atoms with Crippen LogP contribution in [-0.2, 0) is 10.0 Å². The van der Waals surface area contributed by atoms with Crippen molar-refractivity contribution >= 4 is 15.7 Å². The molecule has 7 heteroatoms. The van der Waals surface area contributed by atoms with Crippen LogP contribution < -0.4 is 4.72 Å². The molecule has 0 aliphatic rings. The molecule has 0 saturated heterocycles. The highest BCUT2D eigenvalue weighted by Crippen LogP contribution is 2.19. The SMILES string of the molecule is Cc1ccc(NS(=O)(=O)C(F)F)c(C#CCCO)c1. The summed E-state index contributed by atoms with van der Waals surface area (Å²) >= 11 is 0. The minimum absolute atomic E-state index is 0.00339. The molecular formula is C12H13F2NO3S.